The average Bonchev–Trinajstić information content (AvgIpc) is 3.32. The van der Waals surface area contributed by atoms with E-state index in [0.717, 1.165) is 93.6 Å². The van der Waals surface area contributed by atoms with Gasteiger partial charge in [0.1, 0.15) is 11.5 Å². The number of carboxylic acid groups (broad SMARTS) is 1. The molecule has 1 heterocycles. The minimum absolute atomic E-state index is 0.0519. The molecule has 0 radical (unpaired) electrons. The normalized spacial score (nSPS) is 24.0. The quantitative estimate of drug-likeness (QED) is 0.137. The molecule has 0 spiro atoms. The number of ketones is 1. The highest BCUT2D eigenvalue weighted by Crippen LogP contribution is 2.46. The molecule has 1 aromatic rings. The van der Waals surface area contributed by atoms with Crippen LogP contribution in [0.1, 0.15) is 128 Å². The topological polar surface area (TPSA) is 63.6 Å². The molecule has 0 bridgehead atoms. The van der Waals surface area contributed by atoms with Crippen LogP contribution in [0.25, 0.3) is 0 Å². The van der Waals surface area contributed by atoms with E-state index in [-0.39, 0.29) is 23.7 Å². The van der Waals surface area contributed by atoms with Crippen molar-refractivity contribution in [2.75, 3.05) is 18.6 Å². The number of ether oxygens (including phenoxy) is 1. The first-order chi connectivity index (χ1) is 19.7. The average molecular weight is 587 g/mol. The van der Waals surface area contributed by atoms with Crippen molar-refractivity contribution in [1.29, 1.82) is 0 Å². The van der Waals surface area contributed by atoms with E-state index in [1.54, 1.807) is 0 Å². The van der Waals surface area contributed by atoms with Gasteiger partial charge in [0.05, 0.1) is 12.5 Å². The molecule has 1 fully saturated rings. The summed E-state index contributed by atoms with van der Waals surface area (Å²) in [5, 5.41) is 10.6. The molecule has 0 amide bonds. The molecule has 0 aromatic heterocycles. The van der Waals surface area contributed by atoms with Gasteiger partial charge < -0.3 is 9.84 Å². The largest absolute Gasteiger partial charge is 0.493 e. The van der Waals surface area contributed by atoms with Gasteiger partial charge >= 0.3 is 5.97 Å². The maximum atomic E-state index is 13.9. The molecule has 0 saturated heterocycles. The van der Waals surface area contributed by atoms with E-state index >= 15 is 0 Å². The number of carbonyl (C=O) groups is 2. The minimum Gasteiger partial charge on any atom is -0.493 e. The lowest BCUT2D eigenvalue weighted by Crippen LogP contribution is -2.29. The van der Waals surface area contributed by atoms with E-state index in [4.69, 9.17) is 4.74 Å². The smallest absolute Gasteiger partial charge is 0.307 e. The zero-order valence-electron chi connectivity index (χ0n) is 26.7. The highest BCUT2D eigenvalue weighted by atomic mass is 32.2. The second-order valence-corrected chi connectivity index (χ2v) is 14.7. The van der Waals surface area contributed by atoms with Crippen LogP contribution in [0.15, 0.2) is 18.2 Å². The van der Waals surface area contributed by atoms with Gasteiger partial charge in [-0.1, -0.05) is 65.5 Å². The Bertz CT molecular complexity index is 944. The van der Waals surface area contributed by atoms with Crippen molar-refractivity contribution in [2.24, 2.45) is 35.5 Å². The van der Waals surface area contributed by atoms with Crippen LogP contribution in [0.3, 0.4) is 0 Å². The van der Waals surface area contributed by atoms with Crippen molar-refractivity contribution in [3.63, 3.8) is 0 Å². The van der Waals surface area contributed by atoms with Gasteiger partial charge in [-0.25, -0.2) is 0 Å². The van der Waals surface area contributed by atoms with E-state index in [0.29, 0.717) is 24.7 Å². The van der Waals surface area contributed by atoms with E-state index < -0.39 is 11.9 Å². The highest BCUT2D eigenvalue weighted by Gasteiger charge is 2.41. The Morgan fingerprint density at radius 1 is 1.07 bits per heavy atom. The third-order valence-electron chi connectivity index (χ3n) is 9.80. The number of rotatable bonds is 18. The van der Waals surface area contributed by atoms with E-state index in [9.17, 15) is 14.7 Å². The van der Waals surface area contributed by atoms with Crippen molar-refractivity contribution in [3.05, 3.63) is 29.3 Å². The number of Topliss-reactive ketones (excluding diaryl/α,β-unsaturated/α-hetero) is 1. The molecule has 4 nitrogen and oxygen atoms in total. The van der Waals surface area contributed by atoms with Gasteiger partial charge in [-0.3, -0.25) is 9.59 Å². The van der Waals surface area contributed by atoms with Crippen LogP contribution in [0.2, 0.25) is 0 Å². The SMILES string of the molecule is CCCC[C@H](CCC[C@H](C)CC(C)C)C(=O)CC1CC[C@@H](CCCSC)C(C(=O)O)[C@@H](c2ccc3c(c2)CCO3)C1. The van der Waals surface area contributed by atoms with Gasteiger partial charge in [0.25, 0.3) is 0 Å². The molecule has 232 valence electrons. The second-order valence-electron chi connectivity index (χ2n) is 13.7. The maximum absolute atomic E-state index is 13.9. The first-order valence-electron chi connectivity index (χ1n) is 16.7. The zero-order valence-corrected chi connectivity index (χ0v) is 27.5. The summed E-state index contributed by atoms with van der Waals surface area (Å²) in [4.78, 5) is 26.7. The molecule has 1 saturated carbocycles. The summed E-state index contributed by atoms with van der Waals surface area (Å²) in [5.74, 6) is 3.36. The van der Waals surface area contributed by atoms with Crippen LogP contribution < -0.4 is 4.74 Å². The van der Waals surface area contributed by atoms with E-state index in [2.05, 4.69) is 46.1 Å². The molecule has 6 atom stereocenters. The first kappa shape index (κ1) is 34.0. The Labute approximate surface area is 255 Å². The van der Waals surface area contributed by atoms with Crippen LogP contribution >= 0.6 is 11.8 Å². The van der Waals surface area contributed by atoms with Crippen molar-refractivity contribution < 1.29 is 19.4 Å². The molecule has 2 aliphatic rings. The highest BCUT2D eigenvalue weighted by molar-refractivity contribution is 7.98. The fourth-order valence-electron chi connectivity index (χ4n) is 7.74. The Balaban J connectivity index is 1.77. The predicted molar refractivity (Wildman–Crippen MR) is 173 cm³/mol. The van der Waals surface area contributed by atoms with Crippen LogP contribution in [0.4, 0.5) is 0 Å². The number of hydrogen-bond acceptors (Lipinski definition) is 4. The van der Waals surface area contributed by atoms with Crippen molar-refractivity contribution in [2.45, 2.75) is 124 Å². The summed E-state index contributed by atoms with van der Waals surface area (Å²) in [5.41, 5.74) is 2.34. The van der Waals surface area contributed by atoms with Crippen molar-refractivity contribution in [1.82, 2.24) is 0 Å². The summed E-state index contributed by atoms with van der Waals surface area (Å²) in [7, 11) is 0. The molecular formula is C36H58O4S. The number of fused-ring (bicyclic) bond motifs is 1. The maximum Gasteiger partial charge on any atom is 0.307 e. The number of benzene rings is 1. The standard InChI is InChI=1S/C36H58O4S/c1-6-7-11-28(12-8-10-26(4)21-25(2)3)33(37)23-27-14-15-29(13-9-20-41-5)35(36(38)39)32(22-27)30-16-17-34-31(24-30)18-19-40-34/h16-17,24-29,32,35H,6-15,18-23H2,1-5H3,(H,38,39)/t26-,27?,28+,29+,32+,35?/m0/s1. The third kappa shape index (κ3) is 10.6. The van der Waals surface area contributed by atoms with Gasteiger partial charge in [-0.05, 0) is 110 Å². The molecule has 1 aromatic carbocycles. The fraction of sp³-hybridized carbons (Fsp3) is 0.778. The molecular weight excluding hydrogens is 528 g/mol. The van der Waals surface area contributed by atoms with Crippen LogP contribution in [-0.2, 0) is 16.0 Å². The number of carbonyl (C=O) groups excluding carboxylic acids is 1. The predicted octanol–water partition coefficient (Wildman–Crippen LogP) is 9.58. The monoisotopic (exact) mass is 586 g/mol. The van der Waals surface area contributed by atoms with Crippen LogP contribution in [0, 0.1) is 35.5 Å². The molecule has 1 N–H and O–H groups in total. The number of thioether (sulfide) groups is 1. The van der Waals surface area contributed by atoms with Gasteiger partial charge in [0.15, 0.2) is 0 Å². The molecule has 3 rings (SSSR count). The van der Waals surface area contributed by atoms with Crippen LogP contribution in [-0.4, -0.2) is 35.5 Å². The molecule has 1 aliphatic heterocycles. The third-order valence-corrected chi connectivity index (χ3v) is 10.5. The second kappa shape index (κ2) is 17.6. The summed E-state index contributed by atoms with van der Waals surface area (Å²) < 4.78 is 5.76. The Morgan fingerprint density at radius 2 is 1.85 bits per heavy atom. The summed E-state index contributed by atoms with van der Waals surface area (Å²) in [6.45, 7) is 9.86. The van der Waals surface area contributed by atoms with Gasteiger partial charge in [-0.15, -0.1) is 0 Å². The molecule has 1 aliphatic carbocycles. The number of unbranched alkanes of at least 4 members (excludes halogenated alkanes) is 1. The van der Waals surface area contributed by atoms with Crippen molar-refractivity contribution >= 4 is 23.5 Å². The van der Waals surface area contributed by atoms with Gasteiger partial charge in [-0.2, -0.15) is 11.8 Å². The van der Waals surface area contributed by atoms with Crippen molar-refractivity contribution in [3.8, 4) is 5.75 Å². The molecule has 41 heavy (non-hydrogen) atoms. The lowest BCUT2D eigenvalue weighted by Gasteiger charge is -2.30. The summed E-state index contributed by atoms with van der Waals surface area (Å²) >= 11 is 1.84. The van der Waals surface area contributed by atoms with E-state index in [1.165, 1.54) is 18.4 Å². The molecule has 2 unspecified atom stereocenters. The number of carboxylic acids is 1. The van der Waals surface area contributed by atoms with E-state index in [1.807, 2.05) is 17.8 Å². The minimum atomic E-state index is -0.663. The summed E-state index contributed by atoms with van der Waals surface area (Å²) in [6.07, 6.45) is 16.2. The molecule has 5 heteroatoms. The lowest BCUT2D eigenvalue weighted by atomic mass is 9.74. The number of aliphatic carboxylic acids is 1. The Hall–Kier alpha value is -1.49. The van der Waals surface area contributed by atoms with Gasteiger partial charge in [0, 0.05) is 18.8 Å². The van der Waals surface area contributed by atoms with Gasteiger partial charge in [0.2, 0.25) is 0 Å². The first-order valence-corrected chi connectivity index (χ1v) is 18.1. The fourth-order valence-corrected chi connectivity index (χ4v) is 8.19. The Kier molecular flexibility index (Phi) is 14.6. The van der Waals surface area contributed by atoms with Crippen LogP contribution in [0.5, 0.6) is 5.75 Å². The zero-order chi connectivity index (χ0) is 29.8. The Morgan fingerprint density at radius 3 is 2.56 bits per heavy atom. The number of hydrogen-bond donors (Lipinski definition) is 1. The lowest BCUT2D eigenvalue weighted by molar-refractivity contribution is -0.144. The summed E-state index contributed by atoms with van der Waals surface area (Å²) in [6, 6.07) is 6.37.